The van der Waals surface area contributed by atoms with E-state index in [0.717, 1.165) is 38.3 Å². The zero-order valence-electron chi connectivity index (χ0n) is 12.1. The van der Waals surface area contributed by atoms with E-state index in [0.29, 0.717) is 0 Å². The fraction of sp³-hybridized carbons (Fsp3) is 1.00. The maximum Gasteiger partial charge on any atom is 0.0594 e. The summed E-state index contributed by atoms with van der Waals surface area (Å²) >= 11 is 0. The summed E-state index contributed by atoms with van der Waals surface area (Å²) in [7, 11) is 0. The van der Waals surface area contributed by atoms with E-state index in [2.05, 4.69) is 15.1 Å². The highest BCUT2D eigenvalue weighted by Gasteiger charge is 2.24. The molecule has 2 aliphatic heterocycles. The van der Waals surface area contributed by atoms with Crippen molar-refractivity contribution in [3.8, 4) is 0 Å². The van der Waals surface area contributed by atoms with Crippen LogP contribution in [0.3, 0.4) is 0 Å². The molecule has 3 fully saturated rings. The summed E-state index contributed by atoms with van der Waals surface area (Å²) in [5, 5.41) is 3.76. The van der Waals surface area contributed by atoms with E-state index in [1.807, 2.05) is 0 Å². The van der Waals surface area contributed by atoms with Crippen LogP contribution in [0.1, 0.15) is 25.7 Å². The molecule has 2 heterocycles. The second-order valence-corrected chi connectivity index (χ2v) is 6.42. The smallest absolute Gasteiger partial charge is 0.0594 e. The van der Waals surface area contributed by atoms with Crippen molar-refractivity contribution in [1.82, 2.24) is 15.1 Å². The minimum Gasteiger partial charge on any atom is -0.379 e. The second kappa shape index (κ2) is 7.02. The first-order valence-corrected chi connectivity index (χ1v) is 8.16. The van der Waals surface area contributed by atoms with Crippen molar-refractivity contribution in [1.29, 1.82) is 0 Å². The zero-order chi connectivity index (χ0) is 12.9. The van der Waals surface area contributed by atoms with Crippen LogP contribution in [-0.2, 0) is 4.74 Å². The number of nitrogens with zero attached hydrogens (tertiary/aromatic N) is 2. The van der Waals surface area contributed by atoms with Gasteiger partial charge < -0.3 is 15.0 Å². The molecule has 0 radical (unpaired) electrons. The summed E-state index contributed by atoms with van der Waals surface area (Å²) in [5.74, 6) is 1.01. The molecule has 3 aliphatic rings. The molecule has 2 saturated heterocycles. The SMILES string of the molecule is C1CN(CCN2CCC(NCC3CC3)CC2)CCO1. The zero-order valence-corrected chi connectivity index (χ0v) is 12.1. The summed E-state index contributed by atoms with van der Waals surface area (Å²) in [6.45, 7) is 10.4. The van der Waals surface area contributed by atoms with E-state index in [4.69, 9.17) is 4.74 Å². The lowest BCUT2D eigenvalue weighted by atomic mass is 10.0. The van der Waals surface area contributed by atoms with Gasteiger partial charge in [0, 0.05) is 32.2 Å². The van der Waals surface area contributed by atoms with Crippen LogP contribution >= 0.6 is 0 Å². The summed E-state index contributed by atoms with van der Waals surface area (Å²) < 4.78 is 5.39. The van der Waals surface area contributed by atoms with Crippen LogP contribution in [0, 0.1) is 5.92 Å². The minimum absolute atomic E-state index is 0.792. The topological polar surface area (TPSA) is 27.7 Å². The van der Waals surface area contributed by atoms with Gasteiger partial charge in [-0.2, -0.15) is 0 Å². The lowest BCUT2D eigenvalue weighted by Crippen LogP contribution is -2.46. The molecule has 4 heteroatoms. The van der Waals surface area contributed by atoms with Crippen LogP contribution in [0.2, 0.25) is 0 Å². The molecule has 1 saturated carbocycles. The predicted molar refractivity (Wildman–Crippen MR) is 77.4 cm³/mol. The van der Waals surface area contributed by atoms with Gasteiger partial charge in [0.15, 0.2) is 0 Å². The number of likely N-dealkylation sites (tertiary alicyclic amines) is 1. The Kier molecular flexibility index (Phi) is 5.10. The highest BCUT2D eigenvalue weighted by atomic mass is 16.5. The van der Waals surface area contributed by atoms with Crippen LogP contribution in [0.4, 0.5) is 0 Å². The van der Waals surface area contributed by atoms with E-state index in [-0.39, 0.29) is 0 Å². The molecule has 0 aromatic heterocycles. The van der Waals surface area contributed by atoms with Crippen molar-refractivity contribution >= 4 is 0 Å². The standard InChI is InChI=1S/C15H29N3O/c1-2-14(1)13-16-15-3-5-17(6-4-15)7-8-18-9-11-19-12-10-18/h14-16H,1-13H2. The molecule has 0 atom stereocenters. The minimum atomic E-state index is 0.792. The first kappa shape index (κ1) is 13.8. The fourth-order valence-electron chi connectivity index (χ4n) is 3.12. The van der Waals surface area contributed by atoms with E-state index < -0.39 is 0 Å². The Morgan fingerprint density at radius 2 is 1.47 bits per heavy atom. The van der Waals surface area contributed by atoms with Crippen molar-refractivity contribution in [3.63, 3.8) is 0 Å². The van der Waals surface area contributed by atoms with Gasteiger partial charge in [0.05, 0.1) is 13.2 Å². The molecule has 3 rings (SSSR count). The molecular weight excluding hydrogens is 238 g/mol. The van der Waals surface area contributed by atoms with Crippen LogP contribution < -0.4 is 5.32 Å². The molecular formula is C15H29N3O. The maximum absolute atomic E-state index is 5.39. The van der Waals surface area contributed by atoms with E-state index >= 15 is 0 Å². The van der Waals surface area contributed by atoms with Crippen molar-refractivity contribution in [2.45, 2.75) is 31.7 Å². The third-order valence-corrected chi connectivity index (χ3v) is 4.82. The molecule has 1 N–H and O–H groups in total. The Morgan fingerprint density at radius 1 is 0.842 bits per heavy atom. The Balaban J connectivity index is 1.26. The lowest BCUT2D eigenvalue weighted by Gasteiger charge is -2.34. The number of ether oxygens (including phenoxy) is 1. The normalized spacial score (nSPS) is 27.8. The Morgan fingerprint density at radius 3 is 2.11 bits per heavy atom. The van der Waals surface area contributed by atoms with Gasteiger partial charge in [-0.3, -0.25) is 4.90 Å². The third-order valence-electron chi connectivity index (χ3n) is 4.82. The monoisotopic (exact) mass is 267 g/mol. The Bertz CT molecular complexity index is 256. The van der Waals surface area contributed by atoms with Crippen molar-refractivity contribution in [3.05, 3.63) is 0 Å². The number of morpholine rings is 1. The molecule has 0 aromatic carbocycles. The van der Waals surface area contributed by atoms with Crippen molar-refractivity contribution in [2.24, 2.45) is 5.92 Å². The largest absolute Gasteiger partial charge is 0.379 e. The van der Waals surface area contributed by atoms with Crippen LogP contribution in [0.15, 0.2) is 0 Å². The van der Waals surface area contributed by atoms with E-state index in [1.165, 1.54) is 58.4 Å². The Labute approximate surface area is 117 Å². The molecule has 4 nitrogen and oxygen atoms in total. The molecule has 0 amide bonds. The van der Waals surface area contributed by atoms with Crippen molar-refractivity contribution < 1.29 is 4.74 Å². The lowest BCUT2D eigenvalue weighted by molar-refractivity contribution is 0.0319. The van der Waals surface area contributed by atoms with Gasteiger partial charge in [-0.05, 0) is 51.2 Å². The first-order valence-electron chi connectivity index (χ1n) is 8.16. The van der Waals surface area contributed by atoms with Crippen LogP contribution in [0.5, 0.6) is 0 Å². The van der Waals surface area contributed by atoms with Gasteiger partial charge in [0.25, 0.3) is 0 Å². The average Bonchev–Trinajstić information content (AvgIpc) is 3.29. The number of hydrogen-bond acceptors (Lipinski definition) is 4. The summed E-state index contributed by atoms with van der Waals surface area (Å²) in [4.78, 5) is 5.19. The predicted octanol–water partition coefficient (Wildman–Crippen LogP) is 0.783. The Hall–Kier alpha value is -0.160. The number of nitrogens with one attached hydrogen (secondary N) is 1. The summed E-state index contributed by atoms with van der Waals surface area (Å²) in [5.41, 5.74) is 0. The number of rotatable bonds is 6. The number of piperidine rings is 1. The highest BCUT2D eigenvalue weighted by molar-refractivity contribution is 4.82. The van der Waals surface area contributed by atoms with E-state index in [9.17, 15) is 0 Å². The molecule has 19 heavy (non-hydrogen) atoms. The molecule has 0 unspecified atom stereocenters. The van der Waals surface area contributed by atoms with Gasteiger partial charge in [-0.1, -0.05) is 0 Å². The van der Waals surface area contributed by atoms with Gasteiger partial charge >= 0.3 is 0 Å². The second-order valence-electron chi connectivity index (χ2n) is 6.42. The summed E-state index contributed by atoms with van der Waals surface area (Å²) in [6.07, 6.45) is 5.61. The molecule has 110 valence electrons. The van der Waals surface area contributed by atoms with Crippen molar-refractivity contribution in [2.75, 3.05) is 59.0 Å². The van der Waals surface area contributed by atoms with Crippen LogP contribution in [0.25, 0.3) is 0 Å². The van der Waals surface area contributed by atoms with E-state index in [1.54, 1.807) is 0 Å². The maximum atomic E-state index is 5.39. The average molecular weight is 267 g/mol. The first-order chi connectivity index (χ1) is 9.40. The van der Waals surface area contributed by atoms with Gasteiger partial charge in [0.2, 0.25) is 0 Å². The van der Waals surface area contributed by atoms with Gasteiger partial charge in [-0.25, -0.2) is 0 Å². The van der Waals surface area contributed by atoms with Gasteiger partial charge in [-0.15, -0.1) is 0 Å². The third kappa shape index (κ3) is 4.71. The molecule has 0 spiro atoms. The molecule has 1 aliphatic carbocycles. The highest BCUT2D eigenvalue weighted by Crippen LogP contribution is 2.28. The summed E-state index contributed by atoms with van der Waals surface area (Å²) in [6, 6.07) is 0.792. The number of hydrogen-bond donors (Lipinski definition) is 1. The molecule has 0 bridgehead atoms. The van der Waals surface area contributed by atoms with Gasteiger partial charge in [0.1, 0.15) is 0 Å². The van der Waals surface area contributed by atoms with Crippen LogP contribution in [-0.4, -0.2) is 74.9 Å². The fourth-order valence-corrected chi connectivity index (χ4v) is 3.12. The molecule has 0 aromatic rings. The quantitative estimate of drug-likeness (QED) is 0.770.